The van der Waals surface area contributed by atoms with Gasteiger partial charge < -0.3 is 9.47 Å². The van der Waals surface area contributed by atoms with Crippen molar-refractivity contribution >= 4 is 5.97 Å². The molecule has 1 heterocycles. The van der Waals surface area contributed by atoms with Crippen molar-refractivity contribution in [1.29, 1.82) is 0 Å². The minimum atomic E-state index is -0.721. The van der Waals surface area contributed by atoms with Gasteiger partial charge in [-0.1, -0.05) is 42.7 Å². The maximum Gasteiger partial charge on any atom is 0.342 e. The van der Waals surface area contributed by atoms with E-state index in [1.165, 1.54) is 24.8 Å². The van der Waals surface area contributed by atoms with E-state index in [4.69, 9.17) is 9.47 Å². The molecule has 1 aliphatic heterocycles. The normalized spacial score (nSPS) is 33.8. The topological polar surface area (TPSA) is 38.8 Å². The van der Waals surface area contributed by atoms with Crippen LogP contribution in [0.1, 0.15) is 68.9 Å². The summed E-state index contributed by atoms with van der Waals surface area (Å²) in [5.74, 6) is -0.105. The molecule has 3 aliphatic rings. The Morgan fingerprint density at radius 3 is 2.48 bits per heavy atom. The van der Waals surface area contributed by atoms with Crippen molar-refractivity contribution in [2.75, 3.05) is 0 Å². The van der Waals surface area contributed by atoms with Gasteiger partial charge >= 0.3 is 5.97 Å². The van der Waals surface area contributed by atoms with Crippen LogP contribution in [-0.2, 0) is 19.9 Å². The van der Waals surface area contributed by atoms with Gasteiger partial charge in [-0.15, -0.1) is 0 Å². The number of rotatable bonds is 3. The molecule has 124 valence electrons. The molecule has 1 aromatic carbocycles. The smallest absolute Gasteiger partial charge is 0.342 e. The largest absolute Gasteiger partial charge is 0.460 e. The zero-order valence-corrected chi connectivity index (χ0v) is 14.0. The van der Waals surface area contributed by atoms with E-state index in [-0.39, 0.29) is 12.1 Å². The molecule has 23 heavy (non-hydrogen) atoms. The third-order valence-electron chi connectivity index (χ3n) is 5.94. The fourth-order valence-corrected chi connectivity index (χ4v) is 4.52. The summed E-state index contributed by atoms with van der Waals surface area (Å²) in [5.41, 5.74) is 1.22. The molecule has 0 spiro atoms. The molecule has 2 unspecified atom stereocenters. The molecule has 4 rings (SSSR count). The van der Waals surface area contributed by atoms with Gasteiger partial charge in [-0.05, 0) is 57.4 Å². The number of hydrogen-bond donors (Lipinski definition) is 0. The highest BCUT2D eigenvalue weighted by molar-refractivity contribution is 5.85. The lowest BCUT2D eigenvalue weighted by Crippen LogP contribution is -2.36. The number of carbonyl (C=O) groups excluding carboxylic acids is 1. The van der Waals surface area contributed by atoms with Gasteiger partial charge in [0.05, 0.1) is 0 Å². The van der Waals surface area contributed by atoms with Crippen molar-refractivity contribution in [3.63, 3.8) is 0 Å². The van der Waals surface area contributed by atoms with Crippen molar-refractivity contribution in [3.05, 3.63) is 35.4 Å². The number of fused-ring (bicyclic) bond motifs is 1. The lowest BCUT2D eigenvalue weighted by Gasteiger charge is -2.20. The van der Waals surface area contributed by atoms with Crippen molar-refractivity contribution in [3.8, 4) is 0 Å². The molecule has 2 atom stereocenters. The van der Waals surface area contributed by atoms with Crippen LogP contribution in [-0.4, -0.2) is 17.7 Å². The minimum Gasteiger partial charge on any atom is -0.460 e. The summed E-state index contributed by atoms with van der Waals surface area (Å²) >= 11 is 0. The van der Waals surface area contributed by atoms with Crippen LogP contribution in [0.4, 0.5) is 0 Å². The van der Waals surface area contributed by atoms with Crippen LogP contribution in [0, 0.1) is 6.92 Å². The Kier molecular flexibility index (Phi) is 3.72. The van der Waals surface area contributed by atoms with Gasteiger partial charge in [-0.25, -0.2) is 4.79 Å². The van der Waals surface area contributed by atoms with E-state index in [1.807, 2.05) is 0 Å². The van der Waals surface area contributed by atoms with E-state index in [0.717, 1.165) is 44.1 Å². The first-order valence-electron chi connectivity index (χ1n) is 9.15. The average molecular weight is 314 g/mol. The number of carbonyl (C=O) groups is 1. The summed E-state index contributed by atoms with van der Waals surface area (Å²) in [5, 5.41) is 0. The Labute approximate surface area is 138 Å². The number of esters is 1. The third kappa shape index (κ3) is 2.40. The number of benzene rings is 1. The second kappa shape index (κ2) is 5.62. The SMILES string of the molecule is Cc1ccc(C23CCCCCC2(C(=O)OC2CCCC2)O3)cc1. The van der Waals surface area contributed by atoms with Crippen LogP contribution in [0.3, 0.4) is 0 Å². The predicted molar refractivity (Wildman–Crippen MR) is 88.1 cm³/mol. The zero-order valence-electron chi connectivity index (χ0n) is 14.0. The molecular weight excluding hydrogens is 288 g/mol. The zero-order chi connectivity index (χ0) is 15.9. The third-order valence-corrected chi connectivity index (χ3v) is 5.94. The fraction of sp³-hybridized carbons (Fsp3) is 0.650. The Balaban J connectivity index is 1.62. The average Bonchev–Trinajstić information content (AvgIpc) is 2.99. The van der Waals surface area contributed by atoms with Gasteiger partial charge in [0.15, 0.2) is 5.60 Å². The summed E-state index contributed by atoms with van der Waals surface area (Å²) in [4.78, 5) is 13.0. The quantitative estimate of drug-likeness (QED) is 0.613. The van der Waals surface area contributed by atoms with Gasteiger partial charge in [-0.2, -0.15) is 0 Å². The summed E-state index contributed by atoms with van der Waals surface area (Å²) in [7, 11) is 0. The Bertz CT molecular complexity index is 587. The number of epoxide rings is 1. The molecule has 3 nitrogen and oxygen atoms in total. The van der Waals surface area contributed by atoms with E-state index in [9.17, 15) is 4.79 Å². The van der Waals surface area contributed by atoms with E-state index in [0.29, 0.717) is 0 Å². The lowest BCUT2D eigenvalue weighted by molar-refractivity contribution is -0.155. The van der Waals surface area contributed by atoms with E-state index < -0.39 is 11.2 Å². The van der Waals surface area contributed by atoms with Gasteiger partial charge in [0.1, 0.15) is 11.7 Å². The van der Waals surface area contributed by atoms with Crippen LogP contribution in [0.5, 0.6) is 0 Å². The van der Waals surface area contributed by atoms with E-state index >= 15 is 0 Å². The second-order valence-corrected chi connectivity index (χ2v) is 7.49. The van der Waals surface area contributed by atoms with Crippen LogP contribution < -0.4 is 0 Å². The summed E-state index contributed by atoms with van der Waals surface area (Å²) in [6.45, 7) is 2.09. The fourth-order valence-electron chi connectivity index (χ4n) is 4.52. The highest BCUT2D eigenvalue weighted by atomic mass is 16.7. The van der Waals surface area contributed by atoms with Crippen LogP contribution in [0.2, 0.25) is 0 Å². The summed E-state index contributed by atoms with van der Waals surface area (Å²) in [6, 6.07) is 8.49. The molecule has 0 aromatic heterocycles. The molecule has 2 saturated carbocycles. The van der Waals surface area contributed by atoms with Gasteiger partial charge in [-0.3, -0.25) is 0 Å². The molecular formula is C20H26O3. The highest BCUT2D eigenvalue weighted by Crippen LogP contribution is 2.63. The maximum absolute atomic E-state index is 13.0. The van der Waals surface area contributed by atoms with Crippen LogP contribution >= 0.6 is 0 Å². The molecule has 1 aromatic rings. The van der Waals surface area contributed by atoms with Gasteiger partial charge in [0.25, 0.3) is 0 Å². The molecule has 1 saturated heterocycles. The Morgan fingerprint density at radius 1 is 1.04 bits per heavy atom. The van der Waals surface area contributed by atoms with Crippen molar-refractivity contribution in [2.24, 2.45) is 0 Å². The Hall–Kier alpha value is -1.35. The maximum atomic E-state index is 13.0. The van der Waals surface area contributed by atoms with Crippen molar-refractivity contribution in [2.45, 2.75) is 82.0 Å². The predicted octanol–water partition coefficient (Wildman–Crippen LogP) is 4.41. The monoisotopic (exact) mass is 314 g/mol. The summed E-state index contributed by atoms with van der Waals surface area (Å²) in [6.07, 6.45) is 9.56. The minimum absolute atomic E-state index is 0.105. The van der Waals surface area contributed by atoms with Crippen molar-refractivity contribution < 1.29 is 14.3 Å². The molecule has 0 bridgehead atoms. The molecule has 2 aliphatic carbocycles. The first-order valence-corrected chi connectivity index (χ1v) is 9.15. The Morgan fingerprint density at radius 2 is 1.74 bits per heavy atom. The molecule has 0 N–H and O–H groups in total. The van der Waals surface area contributed by atoms with Crippen LogP contribution in [0.15, 0.2) is 24.3 Å². The summed E-state index contributed by atoms with van der Waals surface area (Å²) < 4.78 is 12.1. The number of aryl methyl sites for hydroxylation is 1. The number of ether oxygens (including phenoxy) is 2. The van der Waals surface area contributed by atoms with E-state index in [1.54, 1.807) is 0 Å². The first kappa shape index (κ1) is 15.2. The highest BCUT2D eigenvalue weighted by Gasteiger charge is 2.75. The van der Waals surface area contributed by atoms with Crippen molar-refractivity contribution in [1.82, 2.24) is 0 Å². The first-order chi connectivity index (χ1) is 11.2. The lowest BCUT2D eigenvalue weighted by atomic mass is 9.82. The molecule has 0 amide bonds. The number of hydrogen-bond acceptors (Lipinski definition) is 3. The molecule has 3 fully saturated rings. The van der Waals surface area contributed by atoms with Crippen LogP contribution in [0.25, 0.3) is 0 Å². The van der Waals surface area contributed by atoms with E-state index in [2.05, 4.69) is 31.2 Å². The molecule has 3 heteroatoms. The van der Waals surface area contributed by atoms with Gasteiger partial charge in [0.2, 0.25) is 0 Å². The molecule has 0 radical (unpaired) electrons. The second-order valence-electron chi connectivity index (χ2n) is 7.49. The van der Waals surface area contributed by atoms with Gasteiger partial charge in [0, 0.05) is 0 Å². The standard InChI is InChI=1S/C20H26O3/c1-15-9-11-16(12-10-15)19-13-5-2-6-14-20(19,23-19)18(21)22-17-7-3-4-8-17/h9-12,17H,2-8,13-14H2,1H3.